The van der Waals surface area contributed by atoms with Gasteiger partial charge < -0.3 is 13.4 Å². The van der Waals surface area contributed by atoms with Crippen LogP contribution >= 0.6 is 43.4 Å². The van der Waals surface area contributed by atoms with Crippen molar-refractivity contribution in [3.8, 4) is 0 Å². The van der Waals surface area contributed by atoms with Gasteiger partial charge in [-0.15, -0.1) is 0 Å². The number of carbonyl (C=O) groups excluding carboxylic acids is 1. The Morgan fingerprint density at radius 3 is 2.35 bits per heavy atom. The van der Waals surface area contributed by atoms with E-state index in [1.165, 1.54) is 0 Å². The zero-order valence-corrected chi connectivity index (χ0v) is 13.1. The van der Waals surface area contributed by atoms with E-state index >= 15 is 0 Å². The Morgan fingerprint density at radius 2 is 1.82 bits per heavy atom. The number of rotatable bonds is 4. The quantitative estimate of drug-likeness (QED) is 0.474. The average Bonchev–Trinajstić information content (AvgIpc) is 2.24. The molecule has 0 radical (unpaired) electrons. The van der Waals surface area contributed by atoms with E-state index in [0.717, 1.165) is 6.42 Å². The topological polar surface area (TPSA) is 17.1 Å². The van der Waals surface area contributed by atoms with Gasteiger partial charge in [0.05, 0.1) is 15.1 Å². The molecule has 1 nitrogen and oxygen atoms in total. The summed E-state index contributed by atoms with van der Waals surface area (Å²) in [5.74, 6) is 0. The van der Waals surface area contributed by atoms with Crippen LogP contribution in [0.5, 0.6) is 0 Å². The summed E-state index contributed by atoms with van der Waals surface area (Å²) >= 11 is 17.8. The standard InChI is InChI=1S/C11H11Cl3OP.Li/c1-3-6(2)16-11(15)9-7(12)4-5-8(13)10(9)14;/h4-6H,3H2,1-2H3;/q-1;+1. The summed E-state index contributed by atoms with van der Waals surface area (Å²) in [5, 5.41) is 0.957. The predicted molar refractivity (Wildman–Crippen MR) is 72.5 cm³/mol. The SMILES string of the molecule is CCC(C)[P-]C(=O)c1c(Cl)ccc(Cl)c1Cl.[Li+]. The van der Waals surface area contributed by atoms with Gasteiger partial charge in [-0.3, -0.25) is 0 Å². The summed E-state index contributed by atoms with van der Waals surface area (Å²) in [6.45, 7) is 4.04. The average molecular weight is 303 g/mol. The van der Waals surface area contributed by atoms with Crippen LogP contribution < -0.4 is 18.9 Å². The van der Waals surface area contributed by atoms with Gasteiger partial charge in [-0.1, -0.05) is 55.1 Å². The largest absolute Gasteiger partial charge is 1.00 e. The van der Waals surface area contributed by atoms with E-state index in [4.69, 9.17) is 34.8 Å². The fourth-order valence-electron chi connectivity index (χ4n) is 1.08. The Morgan fingerprint density at radius 1 is 1.29 bits per heavy atom. The Hall–Kier alpha value is 0.787. The van der Waals surface area contributed by atoms with Crippen LogP contribution in [0.25, 0.3) is 0 Å². The van der Waals surface area contributed by atoms with Gasteiger partial charge in [0, 0.05) is 11.1 Å². The molecule has 0 fully saturated rings. The molecule has 6 heteroatoms. The number of halogens is 3. The van der Waals surface area contributed by atoms with Crippen LogP contribution in [-0.2, 0) is 0 Å². The van der Waals surface area contributed by atoms with Crippen molar-refractivity contribution in [2.45, 2.75) is 25.9 Å². The number of hydrogen-bond acceptors (Lipinski definition) is 1. The van der Waals surface area contributed by atoms with Crippen molar-refractivity contribution >= 4 is 48.9 Å². The second-order valence-electron chi connectivity index (χ2n) is 3.41. The van der Waals surface area contributed by atoms with Crippen LogP contribution in [-0.4, -0.2) is 11.2 Å². The van der Waals surface area contributed by atoms with Gasteiger partial charge >= 0.3 is 18.9 Å². The van der Waals surface area contributed by atoms with Gasteiger partial charge in [-0.05, 0) is 12.1 Å². The van der Waals surface area contributed by atoms with Gasteiger partial charge in [0.2, 0.25) is 0 Å². The number of carbonyl (C=O) groups is 1. The molecule has 0 saturated heterocycles. The van der Waals surface area contributed by atoms with Crippen LogP contribution in [0.1, 0.15) is 30.6 Å². The van der Waals surface area contributed by atoms with Gasteiger partial charge in [-0.2, -0.15) is 5.66 Å². The first-order valence-corrected chi connectivity index (χ1v) is 6.95. The minimum Gasteiger partial charge on any atom is -0.456 e. The van der Waals surface area contributed by atoms with E-state index in [0.29, 0.717) is 29.8 Å². The summed E-state index contributed by atoms with van der Waals surface area (Å²) in [7, 11) is 0.702. The molecule has 1 aromatic carbocycles. The van der Waals surface area contributed by atoms with Crippen LogP contribution in [0.15, 0.2) is 12.1 Å². The molecule has 0 amide bonds. The molecule has 88 valence electrons. The minimum atomic E-state index is -0.0770. The van der Waals surface area contributed by atoms with E-state index in [1.807, 2.05) is 13.8 Å². The van der Waals surface area contributed by atoms with Gasteiger partial charge in [0.25, 0.3) is 0 Å². The predicted octanol–water partition coefficient (Wildman–Crippen LogP) is 2.54. The maximum Gasteiger partial charge on any atom is 1.00 e. The molecule has 0 saturated carbocycles. The first-order valence-electron chi connectivity index (χ1n) is 4.86. The molecule has 17 heavy (non-hydrogen) atoms. The molecular formula is C11H11Cl3LiOP. The fourth-order valence-corrected chi connectivity index (χ4v) is 2.85. The zero-order valence-electron chi connectivity index (χ0n) is 9.93. The molecule has 1 unspecified atom stereocenters. The fraction of sp³-hybridized carbons (Fsp3) is 0.364. The third-order valence-electron chi connectivity index (χ3n) is 2.19. The Labute approximate surface area is 131 Å². The van der Waals surface area contributed by atoms with E-state index in [-0.39, 0.29) is 29.4 Å². The molecule has 0 aliphatic rings. The van der Waals surface area contributed by atoms with Crippen LogP contribution in [0.3, 0.4) is 0 Å². The molecule has 0 aliphatic carbocycles. The molecule has 1 atom stereocenters. The molecular weight excluding hydrogens is 292 g/mol. The first kappa shape index (κ1) is 17.8. The molecule has 0 bridgehead atoms. The third kappa shape index (κ3) is 4.75. The van der Waals surface area contributed by atoms with E-state index in [9.17, 15) is 4.79 Å². The summed E-state index contributed by atoms with van der Waals surface area (Å²) in [5.41, 5.74) is 0.545. The monoisotopic (exact) mass is 302 g/mol. The summed E-state index contributed by atoms with van der Waals surface area (Å²) in [4.78, 5) is 12.0. The number of hydrogen-bond donors (Lipinski definition) is 0. The molecule has 0 heterocycles. The van der Waals surface area contributed by atoms with Crippen molar-refractivity contribution in [1.29, 1.82) is 0 Å². The maximum atomic E-state index is 12.0. The molecule has 0 aliphatic heterocycles. The van der Waals surface area contributed by atoms with Crippen molar-refractivity contribution in [2.24, 2.45) is 0 Å². The van der Waals surface area contributed by atoms with Crippen molar-refractivity contribution in [3.05, 3.63) is 32.8 Å². The minimum absolute atomic E-state index is 0. The molecule has 1 rings (SSSR count). The summed E-state index contributed by atoms with van der Waals surface area (Å²) in [6, 6.07) is 3.18. The van der Waals surface area contributed by atoms with Crippen LogP contribution in [0, 0.1) is 0 Å². The molecule has 0 aromatic heterocycles. The summed E-state index contributed by atoms with van der Waals surface area (Å²) in [6.07, 6.45) is 0.934. The van der Waals surface area contributed by atoms with Crippen molar-refractivity contribution in [3.63, 3.8) is 0 Å². The van der Waals surface area contributed by atoms with Crippen molar-refractivity contribution in [2.75, 3.05) is 0 Å². The van der Waals surface area contributed by atoms with Crippen molar-refractivity contribution < 1.29 is 23.7 Å². The zero-order chi connectivity index (χ0) is 12.3. The van der Waals surface area contributed by atoms with Gasteiger partial charge in [0.1, 0.15) is 0 Å². The van der Waals surface area contributed by atoms with Crippen molar-refractivity contribution in [1.82, 2.24) is 0 Å². The maximum absolute atomic E-state index is 12.0. The molecule has 0 spiro atoms. The molecule has 0 N–H and O–H groups in total. The van der Waals surface area contributed by atoms with Crippen LogP contribution in [0.2, 0.25) is 15.1 Å². The van der Waals surface area contributed by atoms with Crippen LogP contribution in [0.4, 0.5) is 0 Å². The Bertz CT molecular complexity index is 412. The van der Waals surface area contributed by atoms with E-state index in [2.05, 4.69) is 0 Å². The Kier molecular flexibility index (Phi) is 8.43. The van der Waals surface area contributed by atoms with Gasteiger partial charge in [0.15, 0.2) is 0 Å². The normalized spacial score (nSPS) is 12.5. The smallest absolute Gasteiger partial charge is 0.456 e. The van der Waals surface area contributed by atoms with E-state index in [1.54, 1.807) is 12.1 Å². The second-order valence-corrected chi connectivity index (χ2v) is 6.15. The third-order valence-corrected chi connectivity index (χ3v) is 4.57. The first-order chi connectivity index (χ1) is 7.47. The summed E-state index contributed by atoms with van der Waals surface area (Å²) < 4.78 is 0. The second kappa shape index (κ2) is 8.06. The van der Waals surface area contributed by atoms with Gasteiger partial charge in [-0.25, -0.2) is 0 Å². The van der Waals surface area contributed by atoms with E-state index < -0.39 is 0 Å². The number of benzene rings is 1. The molecule has 1 aromatic rings. The Balaban J connectivity index is 0.00000256.